The van der Waals surface area contributed by atoms with Gasteiger partial charge in [0.15, 0.2) is 0 Å². The molecule has 5 heteroatoms. The molecule has 0 amide bonds. The van der Waals surface area contributed by atoms with Crippen LogP contribution in [-0.2, 0) is 18.0 Å². The van der Waals surface area contributed by atoms with Crippen LogP contribution in [0.3, 0.4) is 0 Å². The Bertz CT molecular complexity index is 219. The number of hydrogen-bond donors (Lipinski definition) is 0. The van der Waals surface area contributed by atoms with Crippen molar-refractivity contribution in [3.63, 3.8) is 0 Å². The van der Waals surface area contributed by atoms with Gasteiger partial charge in [-0.25, -0.2) is 0 Å². The minimum absolute atomic E-state index is 0.261. The lowest BCUT2D eigenvalue weighted by molar-refractivity contribution is 0.0153. The average molecular weight is 262 g/mol. The van der Waals surface area contributed by atoms with E-state index in [0.717, 1.165) is 12.5 Å². The molecule has 0 heterocycles. The lowest BCUT2D eigenvalue weighted by atomic mass is 10.2. The summed E-state index contributed by atoms with van der Waals surface area (Å²) in [4.78, 5) is 0. The van der Waals surface area contributed by atoms with Crippen LogP contribution in [-0.4, -0.2) is 35.2 Å². The van der Waals surface area contributed by atoms with Gasteiger partial charge in [0.1, 0.15) is 0 Å². The largest absolute Gasteiger partial charge is 0.502 e. The molecule has 0 saturated heterocycles. The summed E-state index contributed by atoms with van der Waals surface area (Å²) in [6.45, 7) is 8.58. The number of allylic oxidation sites excluding steroid dienone is 1. The highest BCUT2D eigenvalue weighted by Crippen LogP contribution is 2.23. The number of ether oxygens (including phenoxy) is 1. The summed E-state index contributed by atoms with van der Waals surface area (Å²) in [7, 11) is 0.751. The normalized spacial score (nSPS) is 13.3. The zero-order valence-corrected chi connectivity index (χ0v) is 12.9. The molecule has 0 radical (unpaired) electrons. The van der Waals surface area contributed by atoms with Crippen LogP contribution >= 0.6 is 0 Å². The molecule has 0 unspecified atom stereocenters. The zero-order chi connectivity index (χ0) is 13.4. The Hall–Kier alpha value is -0.363. The molecule has 4 nitrogen and oxygen atoms in total. The Morgan fingerprint density at radius 3 is 2.12 bits per heavy atom. The Balaban J connectivity index is 4.21. The van der Waals surface area contributed by atoms with Crippen molar-refractivity contribution in [2.45, 2.75) is 45.8 Å². The first kappa shape index (κ1) is 16.6. The summed E-state index contributed by atoms with van der Waals surface area (Å²) < 4.78 is 22.2. The fraction of sp³-hybridized carbons (Fsp3) is 0.833. The van der Waals surface area contributed by atoms with Crippen LogP contribution in [0.2, 0.25) is 6.04 Å². The van der Waals surface area contributed by atoms with Gasteiger partial charge in [-0.2, -0.15) is 0 Å². The van der Waals surface area contributed by atoms with E-state index in [2.05, 4.69) is 0 Å². The second kappa shape index (κ2) is 7.87. The summed E-state index contributed by atoms with van der Waals surface area (Å²) in [5.41, 5.74) is -0.261. The van der Waals surface area contributed by atoms with Crippen molar-refractivity contribution in [1.82, 2.24) is 0 Å². The Morgan fingerprint density at radius 2 is 1.71 bits per heavy atom. The van der Waals surface area contributed by atoms with Crippen LogP contribution < -0.4 is 0 Å². The molecule has 0 spiro atoms. The molecule has 0 fully saturated rings. The van der Waals surface area contributed by atoms with Gasteiger partial charge in [0.25, 0.3) is 0 Å². The highest BCUT2D eigenvalue weighted by molar-refractivity contribution is 6.60. The molecule has 0 aliphatic rings. The van der Waals surface area contributed by atoms with Gasteiger partial charge < -0.3 is 18.0 Å². The number of hydrogen-bond acceptors (Lipinski definition) is 4. The maximum atomic E-state index is 5.95. The average Bonchev–Trinajstić information content (AvgIpc) is 2.25. The molecule has 0 aliphatic carbocycles. The third-order valence-corrected chi connectivity index (χ3v) is 5.19. The Morgan fingerprint density at radius 1 is 1.12 bits per heavy atom. The first-order valence-electron chi connectivity index (χ1n) is 5.92. The van der Waals surface area contributed by atoms with Gasteiger partial charge in [-0.3, -0.25) is 0 Å². The molecule has 0 bridgehead atoms. The second-order valence-electron chi connectivity index (χ2n) is 4.75. The fourth-order valence-corrected chi connectivity index (χ4v) is 3.78. The molecule has 102 valence electrons. The van der Waals surface area contributed by atoms with E-state index in [1.165, 1.54) is 0 Å². The van der Waals surface area contributed by atoms with Crippen molar-refractivity contribution in [2.75, 3.05) is 20.8 Å². The zero-order valence-electron chi connectivity index (χ0n) is 11.9. The van der Waals surface area contributed by atoms with E-state index in [1.807, 2.05) is 33.8 Å². The van der Waals surface area contributed by atoms with Crippen molar-refractivity contribution in [3.8, 4) is 0 Å². The Kier molecular flexibility index (Phi) is 7.70. The summed E-state index contributed by atoms with van der Waals surface area (Å²) >= 11 is 0. The molecule has 0 atom stereocenters. The third-order valence-electron chi connectivity index (χ3n) is 2.06. The van der Waals surface area contributed by atoms with Crippen LogP contribution in [0.4, 0.5) is 0 Å². The monoisotopic (exact) mass is 262 g/mol. The summed E-state index contributed by atoms with van der Waals surface area (Å²) in [5, 5.41) is 0. The van der Waals surface area contributed by atoms with E-state index in [1.54, 1.807) is 20.5 Å². The van der Waals surface area contributed by atoms with E-state index in [0.29, 0.717) is 6.61 Å². The van der Waals surface area contributed by atoms with Crippen LogP contribution in [0.25, 0.3) is 0 Å². The molecule has 0 aromatic heterocycles. The smallest absolute Gasteiger partial charge is 0.500 e. The first-order valence-corrected chi connectivity index (χ1v) is 7.85. The van der Waals surface area contributed by atoms with Crippen molar-refractivity contribution in [1.29, 1.82) is 0 Å². The first-order chi connectivity index (χ1) is 7.89. The second-order valence-corrected chi connectivity index (χ2v) is 7.64. The number of rotatable bonds is 8. The molecule has 0 rings (SSSR count). The quantitative estimate of drug-likeness (QED) is 0.383. The molecule has 0 saturated carbocycles. The molecule has 17 heavy (non-hydrogen) atoms. The third kappa shape index (κ3) is 7.54. The highest BCUT2D eigenvalue weighted by atomic mass is 28.4. The van der Waals surface area contributed by atoms with Crippen LogP contribution in [0, 0.1) is 0 Å². The molecule has 0 N–H and O–H groups in total. The Labute approximate surface area is 106 Å². The fourth-order valence-electron chi connectivity index (χ4n) is 1.42. The lowest BCUT2D eigenvalue weighted by Gasteiger charge is -2.33. The van der Waals surface area contributed by atoms with Gasteiger partial charge in [0.05, 0.1) is 18.5 Å². The van der Waals surface area contributed by atoms with Crippen molar-refractivity contribution in [2.24, 2.45) is 0 Å². The maximum Gasteiger partial charge on any atom is 0.500 e. The standard InChI is InChI=1S/C12H26O4Si/c1-7-9-15-10-8-11-17(13-5,14-6)16-12(2,3)4/h7,9H,8,10-11H2,1-6H3. The maximum absolute atomic E-state index is 5.95. The minimum Gasteiger partial charge on any atom is -0.502 e. The lowest BCUT2D eigenvalue weighted by Crippen LogP contribution is -2.49. The van der Waals surface area contributed by atoms with Gasteiger partial charge in [0, 0.05) is 20.3 Å². The summed E-state index contributed by atoms with van der Waals surface area (Å²) in [6.07, 6.45) is 4.41. The van der Waals surface area contributed by atoms with Gasteiger partial charge in [-0.15, -0.1) is 0 Å². The minimum atomic E-state index is -2.54. The van der Waals surface area contributed by atoms with Crippen molar-refractivity contribution in [3.05, 3.63) is 12.3 Å². The van der Waals surface area contributed by atoms with Gasteiger partial charge in [-0.1, -0.05) is 6.08 Å². The summed E-state index contributed by atoms with van der Waals surface area (Å²) in [5.74, 6) is 0. The molecular formula is C12H26O4Si. The predicted molar refractivity (Wildman–Crippen MR) is 70.8 cm³/mol. The van der Waals surface area contributed by atoms with Crippen molar-refractivity contribution >= 4 is 8.80 Å². The van der Waals surface area contributed by atoms with E-state index in [9.17, 15) is 0 Å². The van der Waals surface area contributed by atoms with E-state index < -0.39 is 8.80 Å². The van der Waals surface area contributed by atoms with Gasteiger partial charge in [0.2, 0.25) is 0 Å². The summed E-state index contributed by atoms with van der Waals surface area (Å²) in [6, 6.07) is 0.759. The van der Waals surface area contributed by atoms with Crippen LogP contribution in [0.15, 0.2) is 12.3 Å². The molecule has 0 aliphatic heterocycles. The van der Waals surface area contributed by atoms with E-state index in [4.69, 9.17) is 18.0 Å². The van der Waals surface area contributed by atoms with E-state index >= 15 is 0 Å². The molecule has 0 aromatic rings. The van der Waals surface area contributed by atoms with Crippen LogP contribution in [0.1, 0.15) is 34.1 Å². The van der Waals surface area contributed by atoms with Gasteiger partial charge >= 0.3 is 8.80 Å². The van der Waals surface area contributed by atoms with E-state index in [-0.39, 0.29) is 5.60 Å². The molecule has 0 aromatic carbocycles. The molecular weight excluding hydrogens is 236 g/mol. The predicted octanol–water partition coefficient (Wildman–Crippen LogP) is 2.97. The van der Waals surface area contributed by atoms with Crippen molar-refractivity contribution < 1.29 is 18.0 Å². The van der Waals surface area contributed by atoms with Crippen LogP contribution in [0.5, 0.6) is 0 Å². The van der Waals surface area contributed by atoms with Gasteiger partial charge in [-0.05, 0) is 34.1 Å². The topological polar surface area (TPSA) is 36.9 Å². The SMILES string of the molecule is CC=COCCC[Si](OC)(OC)OC(C)(C)C. The highest BCUT2D eigenvalue weighted by Gasteiger charge is 2.42.